The predicted molar refractivity (Wildman–Crippen MR) is 99.4 cm³/mol. The van der Waals surface area contributed by atoms with Crippen LogP contribution in [0.3, 0.4) is 0 Å². The van der Waals surface area contributed by atoms with Gasteiger partial charge in [0.2, 0.25) is 0 Å². The summed E-state index contributed by atoms with van der Waals surface area (Å²) in [6.45, 7) is 6.41. The Morgan fingerprint density at radius 3 is 2.72 bits per heavy atom. The monoisotopic (exact) mass is 340 g/mol. The van der Waals surface area contributed by atoms with Gasteiger partial charge in [-0.3, -0.25) is 9.80 Å². The molecule has 1 aliphatic rings. The molecule has 0 bridgehead atoms. The van der Waals surface area contributed by atoms with Crippen LogP contribution in [-0.4, -0.2) is 47.0 Å². The maximum Gasteiger partial charge on any atom is 0.123 e. The molecule has 1 fully saturated rings. The zero-order valence-electron chi connectivity index (χ0n) is 15.5. The van der Waals surface area contributed by atoms with Crippen molar-refractivity contribution >= 4 is 0 Å². The molecule has 0 N–H and O–H groups in total. The molecule has 0 spiro atoms. The Morgan fingerprint density at radius 2 is 2.04 bits per heavy atom. The van der Waals surface area contributed by atoms with Crippen molar-refractivity contribution in [2.45, 2.75) is 38.9 Å². The molecule has 1 atom stereocenters. The second kappa shape index (κ2) is 8.41. The molecule has 1 aliphatic heterocycles. The van der Waals surface area contributed by atoms with E-state index in [0.29, 0.717) is 0 Å². The number of rotatable bonds is 7. The third kappa shape index (κ3) is 4.55. The van der Waals surface area contributed by atoms with Gasteiger partial charge in [0.25, 0.3) is 0 Å². The lowest BCUT2D eigenvalue weighted by atomic mass is 10.1. The van der Waals surface area contributed by atoms with Gasteiger partial charge in [-0.25, -0.2) is 9.97 Å². The minimum atomic E-state index is 0.243. The van der Waals surface area contributed by atoms with Crippen LogP contribution in [0.2, 0.25) is 0 Å². The molecule has 1 aromatic heterocycles. The summed E-state index contributed by atoms with van der Waals surface area (Å²) in [6, 6.07) is 8.78. The lowest BCUT2D eigenvalue weighted by molar-refractivity contribution is 0.248. The maximum atomic E-state index is 5.58. The van der Waals surface area contributed by atoms with Gasteiger partial charge in [-0.05, 0) is 63.7 Å². The summed E-state index contributed by atoms with van der Waals surface area (Å²) in [5, 5.41) is 0. The van der Waals surface area contributed by atoms with Crippen molar-refractivity contribution in [2.75, 3.05) is 27.2 Å². The molecule has 5 heteroatoms. The fraction of sp³-hybridized carbons (Fsp3) is 0.500. The van der Waals surface area contributed by atoms with Crippen LogP contribution >= 0.6 is 0 Å². The normalized spacial score (nSPS) is 16.3. The third-order valence-corrected chi connectivity index (χ3v) is 5.06. The summed E-state index contributed by atoms with van der Waals surface area (Å²) in [5.74, 6) is 0.988. The molecule has 1 aromatic carbocycles. The van der Waals surface area contributed by atoms with Crippen LogP contribution in [0.15, 0.2) is 36.8 Å². The zero-order valence-corrected chi connectivity index (χ0v) is 15.5. The fourth-order valence-electron chi connectivity index (χ4n) is 3.43. The summed E-state index contributed by atoms with van der Waals surface area (Å²) in [6.07, 6.45) is 6.03. The highest BCUT2D eigenvalue weighted by Gasteiger charge is 2.17. The van der Waals surface area contributed by atoms with E-state index in [2.05, 4.69) is 51.9 Å². The number of methoxy groups -OCH3 is 1. The Balaban J connectivity index is 1.71. The van der Waals surface area contributed by atoms with Crippen LogP contribution in [0.4, 0.5) is 0 Å². The van der Waals surface area contributed by atoms with E-state index in [1.54, 1.807) is 19.6 Å². The first-order valence-electron chi connectivity index (χ1n) is 9.01. The van der Waals surface area contributed by atoms with Gasteiger partial charge in [-0.15, -0.1) is 0 Å². The average molecular weight is 340 g/mol. The molecule has 0 unspecified atom stereocenters. The van der Waals surface area contributed by atoms with Gasteiger partial charge < -0.3 is 4.74 Å². The van der Waals surface area contributed by atoms with Gasteiger partial charge in [-0.2, -0.15) is 0 Å². The highest BCUT2D eigenvalue weighted by molar-refractivity contribution is 5.37. The van der Waals surface area contributed by atoms with Crippen LogP contribution in [0.25, 0.3) is 0 Å². The Bertz CT molecular complexity index is 671. The van der Waals surface area contributed by atoms with Gasteiger partial charge in [0.05, 0.1) is 12.8 Å². The van der Waals surface area contributed by atoms with E-state index in [1.165, 1.54) is 37.1 Å². The predicted octanol–water partition coefficient (Wildman–Crippen LogP) is 3.27. The van der Waals surface area contributed by atoms with E-state index in [9.17, 15) is 0 Å². The summed E-state index contributed by atoms with van der Waals surface area (Å²) in [4.78, 5) is 13.2. The smallest absolute Gasteiger partial charge is 0.123 e. The highest BCUT2D eigenvalue weighted by atomic mass is 16.5. The summed E-state index contributed by atoms with van der Waals surface area (Å²) < 4.78 is 5.58. The first kappa shape index (κ1) is 17.8. The Morgan fingerprint density at radius 1 is 1.24 bits per heavy atom. The topological polar surface area (TPSA) is 41.5 Å². The number of aromatic nitrogens is 2. The average Bonchev–Trinajstić information content (AvgIpc) is 3.15. The summed E-state index contributed by atoms with van der Waals surface area (Å²) in [5.41, 5.74) is 3.63. The van der Waals surface area contributed by atoms with Gasteiger partial charge in [-0.1, -0.05) is 6.07 Å². The van der Waals surface area contributed by atoms with E-state index in [4.69, 9.17) is 4.74 Å². The van der Waals surface area contributed by atoms with Crippen molar-refractivity contribution in [3.8, 4) is 5.75 Å². The largest absolute Gasteiger partial charge is 0.496 e. The Hall–Kier alpha value is -1.98. The number of benzene rings is 1. The second-order valence-electron chi connectivity index (χ2n) is 6.85. The Labute approximate surface area is 150 Å². The lowest BCUT2D eigenvalue weighted by Crippen LogP contribution is -2.23. The van der Waals surface area contributed by atoms with E-state index < -0.39 is 0 Å². The number of nitrogens with zero attached hydrogens (tertiary/aromatic N) is 4. The van der Waals surface area contributed by atoms with E-state index in [0.717, 1.165) is 24.5 Å². The van der Waals surface area contributed by atoms with Gasteiger partial charge in [0.1, 0.15) is 12.1 Å². The number of hydrogen-bond donors (Lipinski definition) is 0. The molecule has 25 heavy (non-hydrogen) atoms. The zero-order chi connectivity index (χ0) is 17.6. The minimum Gasteiger partial charge on any atom is -0.496 e. The molecule has 134 valence electrons. The van der Waals surface area contributed by atoms with Crippen molar-refractivity contribution in [1.29, 1.82) is 0 Å². The van der Waals surface area contributed by atoms with Crippen LogP contribution in [0.1, 0.15) is 42.6 Å². The molecule has 2 aromatic rings. The number of likely N-dealkylation sites (tertiary alicyclic amines) is 1. The maximum absolute atomic E-state index is 5.58. The van der Waals surface area contributed by atoms with Gasteiger partial charge in [0.15, 0.2) is 0 Å². The van der Waals surface area contributed by atoms with Crippen LogP contribution in [0, 0.1) is 0 Å². The van der Waals surface area contributed by atoms with Crippen molar-refractivity contribution in [1.82, 2.24) is 19.8 Å². The molecular formula is C20H28N4O. The quantitative estimate of drug-likeness (QED) is 0.774. The molecule has 0 aliphatic carbocycles. The molecule has 0 radical (unpaired) electrons. The standard InChI is InChI=1S/C20H28N4O/c1-16(19-8-9-21-15-22-19)23(2)13-17-6-7-20(25-3)18(12-17)14-24-10-4-5-11-24/h6-9,12,15-16H,4-5,10-11,13-14H2,1-3H3/t16-/m0/s1. The van der Waals surface area contributed by atoms with Crippen LogP contribution in [0.5, 0.6) is 5.75 Å². The van der Waals surface area contributed by atoms with Crippen molar-refractivity contribution in [3.05, 3.63) is 53.6 Å². The lowest BCUT2D eigenvalue weighted by Gasteiger charge is -2.25. The molecule has 0 saturated carbocycles. The molecular weight excluding hydrogens is 312 g/mol. The highest BCUT2D eigenvalue weighted by Crippen LogP contribution is 2.25. The molecule has 1 saturated heterocycles. The third-order valence-electron chi connectivity index (χ3n) is 5.06. The SMILES string of the molecule is COc1ccc(CN(C)[C@@H](C)c2ccncn2)cc1CN1CCCC1. The van der Waals surface area contributed by atoms with Crippen molar-refractivity contribution < 1.29 is 4.74 Å². The first-order chi connectivity index (χ1) is 12.2. The molecule has 2 heterocycles. The minimum absolute atomic E-state index is 0.243. The van der Waals surface area contributed by atoms with Gasteiger partial charge >= 0.3 is 0 Å². The molecule has 3 rings (SSSR count). The van der Waals surface area contributed by atoms with Crippen LogP contribution in [-0.2, 0) is 13.1 Å². The molecule has 0 amide bonds. The van der Waals surface area contributed by atoms with Gasteiger partial charge in [0, 0.05) is 30.9 Å². The van der Waals surface area contributed by atoms with Crippen LogP contribution < -0.4 is 4.74 Å². The first-order valence-corrected chi connectivity index (χ1v) is 9.01. The number of hydrogen-bond acceptors (Lipinski definition) is 5. The van der Waals surface area contributed by atoms with E-state index in [1.807, 2.05) is 6.07 Å². The van der Waals surface area contributed by atoms with E-state index >= 15 is 0 Å². The second-order valence-corrected chi connectivity index (χ2v) is 6.85. The summed E-state index contributed by atoms with van der Waals surface area (Å²) in [7, 11) is 3.89. The summed E-state index contributed by atoms with van der Waals surface area (Å²) >= 11 is 0. The van der Waals surface area contributed by atoms with E-state index in [-0.39, 0.29) is 6.04 Å². The van der Waals surface area contributed by atoms with Crippen molar-refractivity contribution in [3.63, 3.8) is 0 Å². The Kier molecular flexibility index (Phi) is 6.00. The number of ether oxygens (including phenoxy) is 1. The molecule has 5 nitrogen and oxygen atoms in total. The fourth-order valence-corrected chi connectivity index (χ4v) is 3.43. The van der Waals surface area contributed by atoms with Crippen molar-refractivity contribution in [2.24, 2.45) is 0 Å².